The summed E-state index contributed by atoms with van der Waals surface area (Å²) < 4.78 is 3.46. The van der Waals surface area contributed by atoms with Gasteiger partial charge in [0.05, 0.1) is 17.8 Å². The molecule has 148 valence electrons. The zero-order chi connectivity index (χ0) is 19.7. The maximum absolute atomic E-state index is 12.5. The molecular weight excluding hydrogens is 372 g/mol. The second kappa shape index (κ2) is 7.97. The molecule has 7 nitrogen and oxygen atoms in total. The van der Waals surface area contributed by atoms with E-state index in [1.54, 1.807) is 32.8 Å². The van der Waals surface area contributed by atoms with E-state index in [4.69, 9.17) is 0 Å². The topological polar surface area (TPSA) is 77.6 Å². The molecule has 1 aliphatic carbocycles. The fourth-order valence-corrected chi connectivity index (χ4v) is 4.67. The molecule has 1 unspecified atom stereocenters. The van der Waals surface area contributed by atoms with Crippen LogP contribution in [0, 0.1) is 13.8 Å². The monoisotopic (exact) mass is 398 g/mol. The van der Waals surface area contributed by atoms with E-state index in [0.29, 0.717) is 11.9 Å². The molecule has 0 aromatic carbocycles. The van der Waals surface area contributed by atoms with Crippen LogP contribution in [-0.4, -0.2) is 30.6 Å². The maximum atomic E-state index is 12.5. The van der Waals surface area contributed by atoms with Crippen LogP contribution in [0.3, 0.4) is 0 Å². The highest BCUT2D eigenvalue weighted by Gasteiger charge is 2.25. The molecule has 0 radical (unpaired) electrons. The van der Waals surface area contributed by atoms with E-state index in [1.807, 2.05) is 31.5 Å². The second-order valence-electron chi connectivity index (χ2n) is 7.58. The molecule has 1 fully saturated rings. The van der Waals surface area contributed by atoms with Crippen LogP contribution in [0.25, 0.3) is 5.82 Å². The maximum Gasteiger partial charge on any atom is 0.267 e. The third-order valence-electron chi connectivity index (χ3n) is 5.39. The molecule has 1 atom stereocenters. The van der Waals surface area contributed by atoms with E-state index in [2.05, 4.69) is 27.4 Å². The van der Waals surface area contributed by atoms with Crippen LogP contribution in [0.15, 0.2) is 34.6 Å². The highest BCUT2D eigenvalue weighted by Crippen LogP contribution is 2.29. The van der Waals surface area contributed by atoms with Crippen molar-refractivity contribution >= 4 is 11.3 Å². The molecule has 0 spiro atoms. The number of hydrogen-bond donors (Lipinski definition) is 1. The molecular formula is C20H26N6OS. The Morgan fingerprint density at radius 2 is 1.96 bits per heavy atom. The Labute approximate surface area is 168 Å². The summed E-state index contributed by atoms with van der Waals surface area (Å²) in [6.45, 7) is 6.12. The van der Waals surface area contributed by atoms with Gasteiger partial charge in [0.15, 0.2) is 5.82 Å². The zero-order valence-electron chi connectivity index (χ0n) is 16.5. The zero-order valence-corrected chi connectivity index (χ0v) is 17.3. The van der Waals surface area contributed by atoms with Crippen LogP contribution in [0.5, 0.6) is 0 Å². The Kier molecular flexibility index (Phi) is 5.41. The largest absolute Gasteiger partial charge is 0.305 e. The van der Waals surface area contributed by atoms with Crippen molar-refractivity contribution in [2.24, 2.45) is 0 Å². The second-order valence-corrected chi connectivity index (χ2v) is 8.50. The van der Waals surface area contributed by atoms with Gasteiger partial charge in [-0.1, -0.05) is 0 Å². The molecule has 8 heteroatoms. The highest BCUT2D eigenvalue weighted by atomic mass is 32.1. The van der Waals surface area contributed by atoms with Gasteiger partial charge >= 0.3 is 0 Å². The average molecular weight is 399 g/mol. The fraction of sp³-hybridized carbons (Fsp3) is 0.500. The van der Waals surface area contributed by atoms with Gasteiger partial charge in [0.25, 0.3) is 5.56 Å². The SMILES string of the molecule is Cc1cc(C)n(-c2ccc(=O)n(C3CCC(NC(C)c4nccs4)CC3)n2)n1. The minimum absolute atomic E-state index is 0.0437. The summed E-state index contributed by atoms with van der Waals surface area (Å²) in [6, 6.07) is 6.21. The third-order valence-corrected chi connectivity index (χ3v) is 6.35. The Balaban J connectivity index is 1.45. The van der Waals surface area contributed by atoms with Gasteiger partial charge in [-0.05, 0) is 58.6 Å². The number of hydrogen-bond acceptors (Lipinski definition) is 6. The van der Waals surface area contributed by atoms with Gasteiger partial charge in [-0.15, -0.1) is 16.4 Å². The van der Waals surface area contributed by atoms with Crippen LogP contribution >= 0.6 is 11.3 Å². The first-order chi connectivity index (χ1) is 13.5. The molecule has 3 heterocycles. The van der Waals surface area contributed by atoms with E-state index in [1.165, 1.54) is 0 Å². The molecule has 1 aliphatic rings. The molecule has 3 aromatic rings. The van der Waals surface area contributed by atoms with E-state index in [-0.39, 0.29) is 17.6 Å². The summed E-state index contributed by atoms with van der Waals surface area (Å²) in [5, 5.41) is 15.9. The Hall–Kier alpha value is -2.32. The van der Waals surface area contributed by atoms with Crippen molar-refractivity contribution in [1.29, 1.82) is 0 Å². The summed E-state index contributed by atoms with van der Waals surface area (Å²) in [4.78, 5) is 16.9. The number of aromatic nitrogens is 5. The van der Waals surface area contributed by atoms with Gasteiger partial charge in [-0.2, -0.15) is 5.10 Å². The Morgan fingerprint density at radius 3 is 2.61 bits per heavy atom. The van der Waals surface area contributed by atoms with Crippen molar-refractivity contribution < 1.29 is 0 Å². The van der Waals surface area contributed by atoms with Crippen molar-refractivity contribution in [1.82, 2.24) is 29.9 Å². The van der Waals surface area contributed by atoms with Crippen molar-refractivity contribution in [3.63, 3.8) is 0 Å². The van der Waals surface area contributed by atoms with Gasteiger partial charge in [-0.3, -0.25) is 4.79 Å². The molecule has 0 amide bonds. The van der Waals surface area contributed by atoms with Crippen LogP contribution in [0.4, 0.5) is 0 Å². The number of nitrogens with one attached hydrogen (secondary N) is 1. The van der Waals surface area contributed by atoms with Gasteiger partial charge in [0.2, 0.25) is 0 Å². The first-order valence-corrected chi connectivity index (χ1v) is 10.7. The van der Waals surface area contributed by atoms with Crippen molar-refractivity contribution in [2.75, 3.05) is 0 Å². The molecule has 1 N–H and O–H groups in total. The third kappa shape index (κ3) is 3.93. The highest BCUT2D eigenvalue weighted by molar-refractivity contribution is 7.09. The van der Waals surface area contributed by atoms with Gasteiger partial charge in [0, 0.05) is 29.4 Å². The Bertz CT molecular complexity index is 985. The van der Waals surface area contributed by atoms with Crippen LogP contribution < -0.4 is 10.9 Å². The summed E-state index contributed by atoms with van der Waals surface area (Å²) in [5.74, 6) is 0.697. The van der Waals surface area contributed by atoms with Crippen molar-refractivity contribution in [3.05, 3.63) is 56.5 Å². The minimum atomic E-state index is -0.0437. The van der Waals surface area contributed by atoms with Crippen LogP contribution in [-0.2, 0) is 0 Å². The van der Waals surface area contributed by atoms with Gasteiger partial charge < -0.3 is 5.32 Å². The van der Waals surface area contributed by atoms with E-state index in [0.717, 1.165) is 42.1 Å². The predicted molar refractivity (Wildman–Crippen MR) is 110 cm³/mol. The summed E-state index contributed by atoms with van der Waals surface area (Å²) in [6.07, 6.45) is 5.78. The van der Waals surface area contributed by atoms with Crippen LogP contribution in [0.2, 0.25) is 0 Å². The Morgan fingerprint density at radius 1 is 1.18 bits per heavy atom. The number of aryl methyl sites for hydroxylation is 2. The molecule has 28 heavy (non-hydrogen) atoms. The molecule has 4 rings (SSSR count). The fourth-order valence-electron chi connectivity index (χ4n) is 4.01. The van der Waals surface area contributed by atoms with Crippen molar-refractivity contribution in [2.45, 2.75) is 64.6 Å². The smallest absolute Gasteiger partial charge is 0.267 e. The lowest BCUT2D eigenvalue weighted by Crippen LogP contribution is -2.38. The number of nitrogens with zero attached hydrogens (tertiary/aromatic N) is 5. The first-order valence-electron chi connectivity index (χ1n) is 9.80. The van der Waals surface area contributed by atoms with E-state index in [9.17, 15) is 4.79 Å². The molecule has 0 aliphatic heterocycles. The van der Waals surface area contributed by atoms with Crippen molar-refractivity contribution in [3.8, 4) is 5.82 Å². The average Bonchev–Trinajstić information content (AvgIpc) is 3.33. The van der Waals surface area contributed by atoms with E-state index >= 15 is 0 Å². The quantitative estimate of drug-likeness (QED) is 0.713. The lowest BCUT2D eigenvalue weighted by molar-refractivity contribution is 0.258. The predicted octanol–water partition coefficient (Wildman–Crippen LogP) is 3.34. The molecule has 3 aromatic heterocycles. The molecule has 1 saturated carbocycles. The molecule has 0 saturated heterocycles. The van der Waals surface area contributed by atoms with Crippen LogP contribution in [0.1, 0.15) is 61.1 Å². The lowest BCUT2D eigenvalue weighted by atomic mass is 9.91. The summed E-state index contributed by atoms with van der Waals surface area (Å²) >= 11 is 1.68. The number of thiazole rings is 1. The van der Waals surface area contributed by atoms with Gasteiger partial charge in [0.1, 0.15) is 5.01 Å². The normalized spacial score (nSPS) is 21.0. The lowest BCUT2D eigenvalue weighted by Gasteiger charge is -2.31. The first kappa shape index (κ1) is 19.0. The minimum Gasteiger partial charge on any atom is -0.305 e. The summed E-state index contributed by atoms with van der Waals surface area (Å²) in [7, 11) is 0. The molecule has 0 bridgehead atoms. The van der Waals surface area contributed by atoms with E-state index < -0.39 is 0 Å². The number of rotatable bonds is 5. The van der Waals surface area contributed by atoms with Gasteiger partial charge in [-0.25, -0.2) is 14.3 Å². The summed E-state index contributed by atoms with van der Waals surface area (Å²) in [5.41, 5.74) is 1.91. The standard InChI is InChI=1S/C20H26N6OS/c1-13-12-14(2)25(23-13)18-8-9-19(27)26(24-18)17-6-4-16(5-7-17)22-15(3)20-21-10-11-28-20/h8-12,15-17,22H,4-7H2,1-3H3.